The predicted molar refractivity (Wildman–Crippen MR) is 137 cm³/mol. The fraction of sp³-hybridized carbons (Fsp3) is 0.250. The first-order valence-electron chi connectivity index (χ1n) is 11.9. The van der Waals surface area contributed by atoms with Gasteiger partial charge in [-0.15, -0.1) is 6.58 Å². The van der Waals surface area contributed by atoms with Crippen LogP contribution < -0.4 is 15.6 Å². The molecular formula is C28H25N3O4. The summed E-state index contributed by atoms with van der Waals surface area (Å²) < 4.78 is 13.3. The number of ether oxygens (including phenoxy) is 2. The minimum absolute atomic E-state index is 0.0761. The highest BCUT2D eigenvalue weighted by atomic mass is 16.5. The van der Waals surface area contributed by atoms with Crippen LogP contribution in [0.2, 0.25) is 0 Å². The summed E-state index contributed by atoms with van der Waals surface area (Å²) in [6.45, 7) is 5.07. The van der Waals surface area contributed by atoms with Gasteiger partial charge in [-0.2, -0.15) is 0 Å². The molecule has 1 aliphatic rings. The molecule has 7 heteroatoms. The van der Waals surface area contributed by atoms with E-state index >= 15 is 0 Å². The first kappa shape index (κ1) is 21.6. The first-order valence-corrected chi connectivity index (χ1v) is 11.9. The zero-order chi connectivity index (χ0) is 23.9. The molecule has 0 aliphatic carbocycles. The van der Waals surface area contributed by atoms with Gasteiger partial charge >= 0.3 is 0 Å². The number of hydrogen-bond acceptors (Lipinski definition) is 5. The lowest BCUT2D eigenvalue weighted by Gasteiger charge is -2.14. The summed E-state index contributed by atoms with van der Waals surface area (Å²) in [5, 5.41) is 6.21. The normalized spacial score (nSPS) is 15.9. The molecule has 1 N–H and O–H groups in total. The van der Waals surface area contributed by atoms with Crippen molar-refractivity contribution in [3.05, 3.63) is 77.2 Å². The molecule has 1 atom stereocenters. The molecule has 0 radical (unpaired) electrons. The lowest BCUT2D eigenvalue weighted by molar-refractivity contribution is -0.123. The van der Waals surface area contributed by atoms with Crippen LogP contribution in [0.25, 0.3) is 38.1 Å². The van der Waals surface area contributed by atoms with E-state index in [1.54, 1.807) is 16.7 Å². The molecule has 0 saturated carbocycles. The third-order valence-electron chi connectivity index (χ3n) is 6.78. The average Bonchev–Trinajstić information content (AvgIpc) is 3.52. The molecule has 0 unspecified atom stereocenters. The highest BCUT2D eigenvalue weighted by Gasteiger charge is 2.22. The van der Waals surface area contributed by atoms with Crippen molar-refractivity contribution in [2.75, 3.05) is 19.8 Å². The third-order valence-corrected chi connectivity index (χ3v) is 6.78. The molecule has 176 valence electrons. The minimum atomic E-state index is -0.192. The Balaban J connectivity index is 1.45. The van der Waals surface area contributed by atoms with Crippen LogP contribution in [0.15, 0.2) is 66.1 Å². The van der Waals surface area contributed by atoms with E-state index in [2.05, 4.69) is 16.9 Å². The molecule has 1 aliphatic heterocycles. The lowest BCUT2D eigenvalue weighted by atomic mass is 10.0. The van der Waals surface area contributed by atoms with Gasteiger partial charge in [0.25, 0.3) is 11.5 Å². The minimum Gasteiger partial charge on any atom is -0.483 e. The largest absolute Gasteiger partial charge is 0.483 e. The first-order chi connectivity index (χ1) is 17.2. The van der Waals surface area contributed by atoms with Gasteiger partial charge in [0.15, 0.2) is 6.61 Å². The standard InChI is InChI=1S/C28H25N3O4/c1-2-6-20-23(35-16-24(32)30-15-17-7-5-14-34-17)11-10-22-25(20)21-12-13-29-26-18-8-3-4-9-19(18)28(33)31(22)27(21)26/h2-4,8-13,17H,1,5-7,14-16H2,(H,30,32)/t17-/m1/s1. The van der Waals surface area contributed by atoms with Crippen molar-refractivity contribution in [1.82, 2.24) is 14.7 Å². The molecule has 1 amide bonds. The molecular weight excluding hydrogens is 442 g/mol. The fourth-order valence-corrected chi connectivity index (χ4v) is 5.22. The van der Waals surface area contributed by atoms with Gasteiger partial charge in [0.1, 0.15) is 5.75 Å². The number of hydrogen-bond donors (Lipinski definition) is 1. The Kier molecular flexibility index (Phi) is 5.34. The number of fused-ring (bicyclic) bond motifs is 5. The van der Waals surface area contributed by atoms with Crippen LogP contribution in [-0.4, -0.2) is 41.2 Å². The summed E-state index contributed by atoms with van der Waals surface area (Å²) in [7, 11) is 0. The van der Waals surface area contributed by atoms with Crippen molar-refractivity contribution in [2.24, 2.45) is 0 Å². The van der Waals surface area contributed by atoms with E-state index in [0.29, 0.717) is 24.1 Å². The van der Waals surface area contributed by atoms with Crippen LogP contribution in [0.1, 0.15) is 18.4 Å². The fourth-order valence-electron chi connectivity index (χ4n) is 5.22. The molecule has 0 bridgehead atoms. The van der Waals surface area contributed by atoms with Crippen LogP contribution in [0.5, 0.6) is 5.75 Å². The second-order valence-electron chi connectivity index (χ2n) is 8.90. The topological polar surface area (TPSA) is 81.9 Å². The molecule has 1 saturated heterocycles. The van der Waals surface area contributed by atoms with Crippen LogP contribution >= 0.6 is 0 Å². The van der Waals surface area contributed by atoms with E-state index in [4.69, 9.17) is 9.47 Å². The van der Waals surface area contributed by atoms with Crippen molar-refractivity contribution < 1.29 is 14.3 Å². The maximum Gasteiger partial charge on any atom is 0.263 e. The lowest BCUT2D eigenvalue weighted by Crippen LogP contribution is -2.35. The Bertz CT molecular complexity index is 1650. The van der Waals surface area contributed by atoms with Crippen molar-refractivity contribution in [1.29, 1.82) is 0 Å². The summed E-state index contributed by atoms with van der Waals surface area (Å²) in [4.78, 5) is 30.6. The Morgan fingerprint density at radius 2 is 2.06 bits per heavy atom. The van der Waals surface area contributed by atoms with Crippen molar-refractivity contribution in [3.63, 3.8) is 0 Å². The van der Waals surface area contributed by atoms with E-state index in [0.717, 1.165) is 57.7 Å². The van der Waals surface area contributed by atoms with E-state index in [1.807, 2.05) is 42.5 Å². The zero-order valence-electron chi connectivity index (χ0n) is 19.3. The quantitative estimate of drug-likeness (QED) is 0.289. The number of nitrogens with one attached hydrogen (secondary N) is 1. The van der Waals surface area contributed by atoms with Gasteiger partial charge in [0, 0.05) is 46.5 Å². The smallest absolute Gasteiger partial charge is 0.263 e. The molecule has 2 aromatic carbocycles. The number of rotatable bonds is 7. The maximum atomic E-state index is 13.5. The maximum absolute atomic E-state index is 13.5. The van der Waals surface area contributed by atoms with Gasteiger partial charge in [0.05, 0.1) is 22.7 Å². The highest BCUT2D eigenvalue weighted by Crippen LogP contribution is 2.38. The van der Waals surface area contributed by atoms with E-state index in [-0.39, 0.29) is 24.2 Å². The van der Waals surface area contributed by atoms with Gasteiger partial charge in [0.2, 0.25) is 0 Å². The molecule has 35 heavy (non-hydrogen) atoms. The Morgan fingerprint density at radius 1 is 1.20 bits per heavy atom. The Labute approximate surface area is 201 Å². The number of amides is 1. The van der Waals surface area contributed by atoms with Crippen molar-refractivity contribution in [2.45, 2.75) is 25.4 Å². The van der Waals surface area contributed by atoms with Gasteiger partial charge in [-0.1, -0.05) is 24.3 Å². The summed E-state index contributed by atoms with van der Waals surface area (Å²) in [6.07, 6.45) is 6.18. The molecule has 3 aromatic heterocycles. The average molecular weight is 468 g/mol. The third kappa shape index (κ3) is 3.51. The molecule has 6 rings (SSSR count). The number of benzene rings is 2. The van der Waals surface area contributed by atoms with Crippen molar-refractivity contribution >= 4 is 44.0 Å². The van der Waals surface area contributed by atoms with Gasteiger partial charge in [-0.3, -0.25) is 19.0 Å². The van der Waals surface area contributed by atoms with Crippen LogP contribution in [0.3, 0.4) is 0 Å². The number of aromatic nitrogens is 2. The summed E-state index contributed by atoms with van der Waals surface area (Å²) in [5.41, 5.74) is 3.19. The van der Waals surface area contributed by atoms with E-state index < -0.39 is 0 Å². The molecule has 0 spiro atoms. The summed E-state index contributed by atoms with van der Waals surface area (Å²) in [6, 6.07) is 13.2. The van der Waals surface area contributed by atoms with Gasteiger partial charge < -0.3 is 14.8 Å². The predicted octanol–water partition coefficient (Wildman–Crippen LogP) is 3.99. The van der Waals surface area contributed by atoms with Crippen LogP contribution in [0.4, 0.5) is 0 Å². The monoisotopic (exact) mass is 467 g/mol. The van der Waals surface area contributed by atoms with E-state index in [9.17, 15) is 9.59 Å². The molecule has 5 aromatic rings. The molecule has 4 heterocycles. The second kappa shape index (κ2) is 8.67. The number of pyridine rings is 2. The zero-order valence-corrected chi connectivity index (χ0v) is 19.3. The molecule has 1 fully saturated rings. The van der Waals surface area contributed by atoms with Crippen LogP contribution in [0, 0.1) is 0 Å². The van der Waals surface area contributed by atoms with Gasteiger partial charge in [-0.25, -0.2) is 0 Å². The molecule has 7 nitrogen and oxygen atoms in total. The number of allylic oxidation sites excluding steroid dienone is 1. The highest BCUT2D eigenvalue weighted by molar-refractivity contribution is 6.19. The summed E-state index contributed by atoms with van der Waals surface area (Å²) in [5.74, 6) is 0.411. The number of nitrogens with zero attached hydrogens (tertiary/aromatic N) is 2. The van der Waals surface area contributed by atoms with Crippen molar-refractivity contribution in [3.8, 4) is 5.75 Å². The number of carbonyl (C=O) groups excluding carboxylic acids is 1. The summed E-state index contributed by atoms with van der Waals surface area (Å²) >= 11 is 0. The SMILES string of the molecule is C=CCc1c(OCC(=O)NC[C@H]2CCCO2)ccc2c1c1ccnc3c4ccccc4c(=O)n2c13. The van der Waals surface area contributed by atoms with Gasteiger partial charge in [-0.05, 0) is 43.5 Å². The Morgan fingerprint density at radius 3 is 2.86 bits per heavy atom. The van der Waals surface area contributed by atoms with Crippen LogP contribution in [-0.2, 0) is 16.0 Å². The second-order valence-corrected chi connectivity index (χ2v) is 8.90. The van der Waals surface area contributed by atoms with E-state index in [1.165, 1.54) is 0 Å². The Hall–Kier alpha value is -3.97. The number of carbonyl (C=O) groups is 1.